The molecule has 0 saturated heterocycles. The van der Waals surface area contributed by atoms with E-state index in [2.05, 4.69) is 46.1 Å². The highest BCUT2D eigenvalue weighted by atomic mass is 16.2. The van der Waals surface area contributed by atoms with Crippen LogP contribution >= 0.6 is 0 Å². The first-order valence-corrected chi connectivity index (χ1v) is 12.6. The number of fused-ring (bicyclic) bond motifs is 1. The Hall–Kier alpha value is -4.74. The van der Waals surface area contributed by atoms with E-state index in [4.69, 9.17) is 5.26 Å². The Labute approximate surface area is 221 Å². The van der Waals surface area contributed by atoms with Crippen molar-refractivity contribution in [1.29, 1.82) is 5.26 Å². The van der Waals surface area contributed by atoms with E-state index in [0.29, 0.717) is 24.3 Å². The van der Waals surface area contributed by atoms with E-state index in [0.717, 1.165) is 30.6 Å². The van der Waals surface area contributed by atoms with E-state index in [1.165, 1.54) is 17.3 Å². The summed E-state index contributed by atoms with van der Waals surface area (Å²) in [7, 11) is 1.96. The molecule has 2 amide bonds. The number of anilines is 2. The molecule has 0 fully saturated rings. The largest absolute Gasteiger partial charge is 0.322 e. The maximum absolute atomic E-state index is 13.5. The van der Waals surface area contributed by atoms with Gasteiger partial charge in [0, 0.05) is 17.9 Å². The number of carbonyl (C=O) groups excluding carboxylic acids is 2. The highest BCUT2D eigenvalue weighted by molar-refractivity contribution is 6.15. The molecule has 4 aromatic rings. The Bertz CT molecular complexity index is 1520. The summed E-state index contributed by atoms with van der Waals surface area (Å²) in [5, 5.41) is 19.3. The minimum absolute atomic E-state index is 0.205. The van der Waals surface area contributed by atoms with E-state index < -0.39 is 5.91 Å². The fourth-order valence-corrected chi connectivity index (χ4v) is 4.68. The van der Waals surface area contributed by atoms with E-state index in [-0.39, 0.29) is 17.2 Å². The molecular formula is C30H28N6O2. The quantitative estimate of drug-likeness (QED) is 0.377. The van der Waals surface area contributed by atoms with Gasteiger partial charge in [-0.2, -0.15) is 10.4 Å². The smallest absolute Gasteiger partial charge is 0.277 e. The summed E-state index contributed by atoms with van der Waals surface area (Å²) >= 11 is 0. The van der Waals surface area contributed by atoms with E-state index >= 15 is 0 Å². The molecule has 0 unspecified atom stereocenters. The third-order valence-electron chi connectivity index (χ3n) is 6.63. The number of hydrogen-bond acceptors (Lipinski definition) is 5. The molecule has 190 valence electrons. The highest BCUT2D eigenvalue weighted by Crippen LogP contribution is 2.25. The predicted octanol–water partition coefficient (Wildman–Crippen LogP) is 4.02. The third kappa shape index (κ3) is 5.33. The first-order valence-electron chi connectivity index (χ1n) is 12.6. The van der Waals surface area contributed by atoms with Gasteiger partial charge < -0.3 is 15.5 Å². The standard InChI is InChI=1S/C30H28N6O2/c1-32-13-12-21-4-2-5-23(16-21)17-22-8-10-26(11-9-22)35-14-15-36-28(30(35)38)27(20-33-36)29(37)34-25-7-3-6-24(18-25)19-31/h2-11,16,18,20,32H,12-15,17H2,1H3,(H,34,37). The Kier molecular flexibility index (Phi) is 7.29. The molecule has 8 heteroatoms. The van der Waals surface area contributed by atoms with Crippen molar-refractivity contribution in [3.8, 4) is 6.07 Å². The second-order valence-electron chi connectivity index (χ2n) is 9.25. The highest BCUT2D eigenvalue weighted by Gasteiger charge is 2.32. The van der Waals surface area contributed by atoms with Crippen LogP contribution in [-0.2, 0) is 19.4 Å². The van der Waals surface area contributed by atoms with Crippen LogP contribution in [0.25, 0.3) is 0 Å². The summed E-state index contributed by atoms with van der Waals surface area (Å²) in [6.07, 6.45) is 3.23. The number of aromatic nitrogens is 2. The molecule has 1 aliphatic rings. The van der Waals surface area contributed by atoms with Crippen molar-refractivity contribution in [2.75, 3.05) is 30.4 Å². The average Bonchev–Trinajstić information content (AvgIpc) is 3.38. The molecule has 0 spiro atoms. The van der Waals surface area contributed by atoms with Crippen molar-refractivity contribution in [3.63, 3.8) is 0 Å². The molecule has 0 saturated carbocycles. The summed E-state index contributed by atoms with van der Waals surface area (Å²) in [5.41, 5.74) is 5.88. The van der Waals surface area contributed by atoms with Gasteiger partial charge in [-0.3, -0.25) is 14.3 Å². The number of nitriles is 1. The maximum atomic E-state index is 13.5. The number of rotatable bonds is 8. The van der Waals surface area contributed by atoms with Crippen LogP contribution in [0.4, 0.5) is 11.4 Å². The third-order valence-corrected chi connectivity index (χ3v) is 6.63. The molecule has 0 atom stereocenters. The number of benzene rings is 3. The van der Waals surface area contributed by atoms with Crippen LogP contribution < -0.4 is 15.5 Å². The lowest BCUT2D eigenvalue weighted by atomic mass is 10.0. The van der Waals surface area contributed by atoms with Gasteiger partial charge in [-0.05, 0) is 73.5 Å². The number of nitrogens with zero attached hydrogens (tertiary/aromatic N) is 4. The molecule has 1 aromatic heterocycles. The zero-order valence-electron chi connectivity index (χ0n) is 21.1. The van der Waals surface area contributed by atoms with Crippen LogP contribution in [0.3, 0.4) is 0 Å². The monoisotopic (exact) mass is 504 g/mol. The van der Waals surface area contributed by atoms with E-state index in [1.54, 1.807) is 33.8 Å². The molecule has 0 aliphatic carbocycles. The fraction of sp³-hybridized carbons (Fsp3) is 0.200. The molecular weight excluding hydrogens is 476 g/mol. The SMILES string of the molecule is CNCCc1cccc(Cc2ccc(N3CCn4ncc(C(=O)Nc5cccc(C#N)c5)c4C3=O)cc2)c1. The van der Waals surface area contributed by atoms with E-state index in [9.17, 15) is 9.59 Å². The van der Waals surface area contributed by atoms with Gasteiger partial charge in [0.25, 0.3) is 11.8 Å². The van der Waals surface area contributed by atoms with Crippen LogP contribution in [0.5, 0.6) is 0 Å². The van der Waals surface area contributed by atoms with Crippen LogP contribution in [0, 0.1) is 11.3 Å². The Balaban J connectivity index is 1.30. The fourth-order valence-electron chi connectivity index (χ4n) is 4.68. The lowest BCUT2D eigenvalue weighted by molar-refractivity contribution is 0.0947. The number of carbonyl (C=O) groups is 2. The van der Waals surface area contributed by atoms with Crippen LogP contribution in [0.1, 0.15) is 43.1 Å². The number of likely N-dealkylation sites (N-methyl/N-ethyl adjacent to an activating group) is 1. The number of nitrogens with one attached hydrogen (secondary N) is 2. The maximum Gasteiger partial charge on any atom is 0.277 e. The van der Waals surface area contributed by atoms with Crippen molar-refractivity contribution in [1.82, 2.24) is 15.1 Å². The summed E-state index contributed by atoms with van der Waals surface area (Å²) in [6, 6.07) is 25.3. The molecule has 0 radical (unpaired) electrons. The van der Waals surface area contributed by atoms with Crippen LogP contribution in [0.2, 0.25) is 0 Å². The number of hydrogen-bond donors (Lipinski definition) is 2. The zero-order valence-corrected chi connectivity index (χ0v) is 21.1. The molecule has 5 rings (SSSR count). The predicted molar refractivity (Wildman–Crippen MR) is 146 cm³/mol. The molecule has 0 bridgehead atoms. The van der Waals surface area contributed by atoms with E-state index in [1.807, 2.05) is 31.3 Å². The normalized spacial score (nSPS) is 12.6. The zero-order chi connectivity index (χ0) is 26.5. The van der Waals surface area contributed by atoms with Gasteiger partial charge in [-0.25, -0.2) is 0 Å². The van der Waals surface area contributed by atoms with Crippen molar-refractivity contribution in [2.45, 2.75) is 19.4 Å². The van der Waals surface area contributed by atoms with Gasteiger partial charge in [0.2, 0.25) is 0 Å². The van der Waals surface area contributed by atoms with Gasteiger partial charge in [0.1, 0.15) is 5.69 Å². The van der Waals surface area contributed by atoms with Gasteiger partial charge in [0.05, 0.1) is 29.9 Å². The Morgan fingerprint density at radius 3 is 2.58 bits per heavy atom. The summed E-state index contributed by atoms with van der Waals surface area (Å²) < 4.78 is 1.58. The topological polar surface area (TPSA) is 103 Å². The second kappa shape index (κ2) is 11.1. The Morgan fingerprint density at radius 2 is 1.79 bits per heavy atom. The summed E-state index contributed by atoms with van der Waals surface area (Å²) in [4.78, 5) is 28.2. The lowest BCUT2D eigenvalue weighted by Gasteiger charge is -2.28. The molecule has 2 heterocycles. The molecule has 1 aliphatic heterocycles. The molecule has 38 heavy (non-hydrogen) atoms. The van der Waals surface area contributed by atoms with Crippen molar-refractivity contribution < 1.29 is 9.59 Å². The number of amides is 2. The van der Waals surface area contributed by atoms with Crippen molar-refractivity contribution in [2.24, 2.45) is 0 Å². The first-order chi connectivity index (χ1) is 18.6. The van der Waals surface area contributed by atoms with Gasteiger partial charge in [-0.15, -0.1) is 0 Å². The van der Waals surface area contributed by atoms with Gasteiger partial charge >= 0.3 is 0 Å². The minimum Gasteiger partial charge on any atom is -0.322 e. The van der Waals surface area contributed by atoms with Crippen molar-refractivity contribution in [3.05, 3.63) is 113 Å². The molecule has 8 nitrogen and oxygen atoms in total. The van der Waals surface area contributed by atoms with Gasteiger partial charge in [0.15, 0.2) is 0 Å². The molecule has 2 N–H and O–H groups in total. The average molecular weight is 505 g/mol. The molecule has 3 aromatic carbocycles. The first kappa shape index (κ1) is 24.9. The summed E-state index contributed by atoms with van der Waals surface area (Å²) in [6.45, 7) is 1.89. The lowest BCUT2D eigenvalue weighted by Crippen LogP contribution is -2.41. The van der Waals surface area contributed by atoms with Crippen molar-refractivity contribution >= 4 is 23.2 Å². The Morgan fingerprint density at radius 1 is 1.00 bits per heavy atom. The van der Waals surface area contributed by atoms with Crippen LogP contribution in [-0.4, -0.2) is 41.7 Å². The summed E-state index contributed by atoms with van der Waals surface area (Å²) in [5.74, 6) is -0.710. The minimum atomic E-state index is -0.441. The van der Waals surface area contributed by atoms with Crippen LogP contribution in [0.15, 0.2) is 79.0 Å². The van der Waals surface area contributed by atoms with Gasteiger partial charge in [-0.1, -0.05) is 42.5 Å². The second-order valence-corrected chi connectivity index (χ2v) is 9.25.